The maximum atomic E-state index is 15.0. The van der Waals surface area contributed by atoms with Crippen molar-refractivity contribution in [3.8, 4) is 5.75 Å². The highest BCUT2D eigenvalue weighted by atomic mass is 19.1. The second kappa shape index (κ2) is 10.1. The van der Waals surface area contributed by atoms with Gasteiger partial charge in [-0.1, -0.05) is 12.1 Å². The number of nitrogens with one attached hydrogen (secondary N) is 3. The highest BCUT2D eigenvalue weighted by molar-refractivity contribution is 5.36. The van der Waals surface area contributed by atoms with Crippen LogP contribution >= 0.6 is 0 Å². The molecule has 5 rings (SSSR count). The molecular formula is C23H33FN8O. The molecular weight excluding hydrogens is 423 g/mol. The zero-order chi connectivity index (χ0) is 22.6. The van der Waals surface area contributed by atoms with Crippen LogP contribution in [0, 0.1) is 11.7 Å². The van der Waals surface area contributed by atoms with E-state index in [1.165, 1.54) is 12.8 Å². The molecule has 1 aliphatic carbocycles. The summed E-state index contributed by atoms with van der Waals surface area (Å²) >= 11 is 0. The fourth-order valence-electron chi connectivity index (χ4n) is 5.15. The van der Waals surface area contributed by atoms with E-state index in [2.05, 4.69) is 36.0 Å². The molecule has 10 heteroatoms. The predicted octanol–water partition coefficient (Wildman–Crippen LogP) is 2.04. The summed E-state index contributed by atoms with van der Waals surface area (Å²) in [5.41, 5.74) is 13.1. The minimum absolute atomic E-state index is 0.182. The SMILES string of the molecule is Nc1nc(NCc2cccc(OCCN3CCCC3)c2F)nc(C2CCC3CNNC3C2)n1. The summed E-state index contributed by atoms with van der Waals surface area (Å²) in [7, 11) is 0. The van der Waals surface area contributed by atoms with Gasteiger partial charge < -0.3 is 15.8 Å². The largest absolute Gasteiger partial charge is 0.489 e. The third kappa shape index (κ3) is 5.34. The Hall–Kier alpha value is -2.56. The summed E-state index contributed by atoms with van der Waals surface area (Å²) in [6, 6.07) is 5.64. The first kappa shape index (κ1) is 22.2. The van der Waals surface area contributed by atoms with Crippen molar-refractivity contribution in [3.05, 3.63) is 35.4 Å². The quantitative estimate of drug-likeness (QED) is 0.474. The van der Waals surface area contributed by atoms with Gasteiger partial charge in [-0.05, 0) is 57.2 Å². The van der Waals surface area contributed by atoms with Crippen LogP contribution in [0.1, 0.15) is 49.4 Å². The normalized spacial score (nSPS) is 25.2. The molecule has 178 valence electrons. The van der Waals surface area contributed by atoms with Gasteiger partial charge >= 0.3 is 0 Å². The average Bonchev–Trinajstić information content (AvgIpc) is 3.50. The van der Waals surface area contributed by atoms with Crippen LogP contribution < -0.4 is 26.6 Å². The molecule has 3 atom stereocenters. The van der Waals surface area contributed by atoms with E-state index in [0.29, 0.717) is 35.9 Å². The van der Waals surface area contributed by atoms with E-state index in [0.717, 1.165) is 45.4 Å². The van der Waals surface area contributed by atoms with Gasteiger partial charge in [0.2, 0.25) is 11.9 Å². The maximum absolute atomic E-state index is 15.0. The minimum atomic E-state index is -0.355. The number of nitrogen functional groups attached to an aromatic ring is 1. The van der Waals surface area contributed by atoms with E-state index in [1.54, 1.807) is 18.2 Å². The second-order valence-electron chi connectivity index (χ2n) is 9.26. The van der Waals surface area contributed by atoms with E-state index in [9.17, 15) is 4.39 Å². The smallest absolute Gasteiger partial charge is 0.228 e. The Morgan fingerprint density at radius 3 is 2.94 bits per heavy atom. The lowest BCUT2D eigenvalue weighted by Crippen LogP contribution is -2.36. The number of aromatic nitrogens is 3. The van der Waals surface area contributed by atoms with Crippen molar-refractivity contribution in [2.24, 2.45) is 5.92 Å². The third-order valence-electron chi connectivity index (χ3n) is 7.02. The number of hydrazine groups is 1. The summed E-state index contributed by atoms with van der Waals surface area (Å²) in [5, 5.41) is 3.12. The summed E-state index contributed by atoms with van der Waals surface area (Å²) in [4.78, 5) is 15.6. The molecule has 3 fully saturated rings. The van der Waals surface area contributed by atoms with E-state index in [4.69, 9.17) is 10.5 Å². The number of ether oxygens (including phenoxy) is 1. The average molecular weight is 457 g/mol. The first-order valence-electron chi connectivity index (χ1n) is 12.0. The van der Waals surface area contributed by atoms with Crippen LogP contribution in [0.2, 0.25) is 0 Å². The topological polar surface area (TPSA) is 113 Å². The van der Waals surface area contributed by atoms with Crippen molar-refractivity contribution >= 4 is 11.9 Å². The Morgan fingerprint density at radius 2 is 2.06 bits per heavy atom. The van der Waals surface area contributed by atoms with Crippen LogP contribution in [0.4, 0.5) is 16.3 Å². The Balaban J connectivity index is 1.20. The van der Waals surface area contributed by atoms with Crippen molar-refractivity contribution in [1.82, 2.24) is 30.7 Å². The van der Waals surface area contributed by atoms with Gasteiger partial charge in [-0.3, -0.25) is 15.8 Å². The number of rotatable bonds is 8. The molecule has 0 amide bonds. The third-order valence-corrected chi connectivity index (χ3v) is 7.02. The minimum Gasteiger partial charge on any atom is -0.489 e. The van der Waals surface area contributed by atoms with Crippen LogP contribution in [-0.4, -0.2) is 58.7 Å². The Labute approximate surface area is 193 Å². The van der Waals surface area contributed by atoms with Crippen molar-refractivity contribution < 1.29 is 9.13 Å². The number of fused-ring (bicyclic) bond motifs is 1. The zero-order valence-corrected chi connectivity index (χ0v) is 18.9. The fourth-order valence-corrected chi connectivity index (χ4v) is 5.15. The number of nitrogens with zero attached hydrogens (tertiary/aromatic N) is 4. The van der Waals surface area contributed by atoms with Gasteiger partial charge in [0.25, 0.3) is 0 Å². The lowest BCUT2D eigenvalue weighted by Gasteiger charge is -2.29. The molecule has 0 bridgehead atoms. The van der Waals surface area contributed by atoms with Crippen LogP contribution in [0.5, 0.6) is 5.75 Å². The van der Waals surface area contributed by atoms with Crippen molar-refractivity contribution in [2.45, 2.75) is 50.6 Å². The fraction of sp³-hybridized carbons (Fsp3) is 0.609. The second-order valence-corrected chi connectivity index (χ2v) is 9.26. The highest BCUT2D eigenvalue weighted by Crippen LogP contribution is 2.36. The molecule has 2 aliphatic heterocycles. The van der Waals surface area contributed by atoms with Crippen LogP contribution in [0.3, 0.4) is 0 Å². The van der Waals surface area contributed by atoms with Gasteiger partial charge in [0.15, 0.2) is 11.6 Å². The molecule has 3 aliphatic rings. The molecule has 0 radical (unpaired) electrons. The van der Waals surface area contributed by atoms with Crippen LogP contribution in [0.25, 0.3) is 0 Å². The summed E-state index contributed by atoms with van der Waals surface area (Å²) < 4.78 is 20.7. The number of hydrogen-bond acceptors (Lipinski definition) is 9. The molecule has 3 unspecified atom stereocenters. The Morgan fingerprint density at radius 1 is 1.18 bits per heavy atom. The maximum Gasteiger partial charge on any atom is 0.228 e. The lowest BCUT2D eigenvalue weighted by atomic mass is 9.79. The molecule has 0 spiro atoms. The number of anilines is 2. The molecule has 2 aromatic rings. The van der Waals surface area contributed by atoms with E-state index < -0.39 is 0 Å². The molecule has 2 saturated heterocycles. The summed E-state index contributed by atoms with van der Waals surface area (Å²) in [6.45, 7) is 4.75. The standard InChI is InChI=1S/C23H33FN8O/c24-20-17(4-3-5-19(20)33-11-10-32-8-1-2-9-32)13-26-23-29-21(28-22(25)30-23)15-6-7-16-14-27-31-18(16)12-15/h3-5,15-16,18,27,31H,1-2,6-14H2,(H3,25,26,28,29,30). The summed E-state index contributed by atoms with van der Waals surface area (Å²) in [5.74, 6) is 2.07. The van der Waals surface area contributed by atoms with Crippen molar-refractivity contribution in [1.29, 1.82) is 0 Å². The van der Waals surface area contributed by atoms with Crippen LogP contribution in [-0.2, 0) is 6.54 Å². The van der Waals surface area contributed by atoms with Gasteiger partial charge in [-0.25, -0.2) is 4.39 Å². The molecule has 33 heavy (non-hydrogen) atoms. The molecule has 1 saturated carbocycles. The first-order valence-corrected chi connectivity index (χ1v) is 12.0. The Bertz CT molecular complexity index is 954. The lowest BCUT2D eigenvalue weighted by molar-refractivity contribution is 0.230. The summed E-state index contributed by atoms with van der Waals surface area (Å²) in [6.07, 6.45) is 5.58. The monoisotopic (exact) mass is 456 g/mol. The molecule has 5 N–H and O–H groups in total. The molecule has 1 aromatic carbocycles. The predicted molar refractivity (Wildman–Crippen MR) is 124 cm³/mol. The van der Waals surface area contributed by atoms with Gasteiger partial charge in [0.05, 0.1) is 0 Å². The van der Waals surface area contributed by atoms with Gasteiger partial charge in [0, 0.05) is 37.2 Å². The van der Waals surface area contributed by atoms with E-state index >= 15 is 0 Å². The number of nitrogens with two attached hydrogens (primary N) is 1. The number of benzene rings is 1. The molecule has 3 heterocycles. The van der Waals surface area contributed by atoms with Crippen molar-refractivity contribution in [3.63, 3.8) is 0 Å². The van der Waals surface area contributed by atoms with E-state index in [-0.39, 0.29) is 30.0 Å². The van der Waals surface area contributed by atoms with E-state index in [1.807, 2.05) is 0 Å². The zero-order valence-electron chi connectivity index (χ0n) is 18.9. The molecule has 9 nitrogen and oxygen atoms in total. The number of likely N-dealkylation sites (tertiary alicyclic amines) is 1. The van der Waals surface area contributed by atoms with Gasteiger partial charge in [0.1, 0.15) is 12.4 Å². The van der Waals surface area contributed by atoms with Crippen molar-refractivity contribution in [2.75, 3.05) is 43.8 Å². The van der Waals surface area contributed by atoms with Gasteiger partial charge in [-0.2, -0.15) is 15.0 Å². The number of halogens is 1. The molecule has 1 aromatic heterocycles. The van der Waals surface area contributed by atoms with Crippen LogP contribution in [0.15, 0.2) is 18.2 Å². The number of hydrogen-bond donors (Lipinski definition) is 4. The van der Waals surface area contributed by atoms with Gasteiger partial charge in [-0.15, -0.1) is 0 Å². The Kier molecular flexibility index (Phi) is 6.84. The highest BCUT2D eigenvalue weighted by Gasteiger charge is 2.35. The first-order chi connectivity index (χ1) is 16.2.